The van der Waals surface area contributed by atoms with Gasteiger partial charge in [-0.15, -0.1) is 0 Å². The van der Waals surface area contributed by atoms with Crippen LogP contribution in [0.1, 0.15) is 65.4 Å². The van der Waals surface area contributed by atoms with Crippen LogP contribution in [0.4, 0.5) is 17.1 Å². The first-order valence-corrected chi connectivity index (χ1v) is 15.5. The van der Waals surface area contributed by atoms with Crippen LogP contribution in [0.2, 0.25) is 0 Å². The molecule has 8 nitrogen and oxygen atoms in total. The van der Waals surface area contributed by atoms with Crippen LogP contribution in [-0.4, -0.2) is 59.1 Å². The smallest absolute Gasteiger partial charge is 0.264 e. The fourth-order valence-electron chi connectivity index (χ4n) is 6.05. The van der Waals surface area contributed by atoms with Crippen LogP contribution in [0, 0.1) is 5.92 Å². The van der Waals surface area contributed by atoms with Gasteiger partial charge in [-0.05, 0) is 76.8 Å². The van der Waals surface area contributed by atoms with Crippen LogP contribution >= 0.6 is 0 Å². The van der Waals surface area contributed by atoms with E-state index in [-0.39, 0.29) is 25.0 Å². The Morgan fingerprint density at radius 2 is 1.86 bits per heavy atom. The number of benzene rings is 2. The van der Waals surface area contributed by atoms with Gasteiger partial charge in [-0.3, -0.25) is 19.3 Å². The van der Waals surface area contributed by atoms with Gasteiger partial charge in [0, 0.05) is 42.4 Å². The predicted octanol–water partition coefficient (Wildman–Crippen LogP) is 5.77. The van der Waals surface area contributed by atoms with Gasteiger partial charge in [0.05, 0.1) is 18.3 Å². The molecule has 0 radical (unpaired) electrons. The number of aliphatic hydroxyl groups excluding tert-OH is 1. The first-order valence-electron chi connectivity index (χ1n) is 15.5. The highest BCUT2D eigenvalue weighted by molar-refractivity contribution is 6.08. The maximum Gasteiger partial charge on any atom is 0.264 e. The van der Waals surface area contributed by atoms with Crippen molar-refractivity contribution in [2.45, 2.75) is 71.4 Å². The van der Waals surface area contributed by atoms with Gasteiger partial charge in [0.15, 0.2) is 5.60 Å². The fourth-order valence-corrected chi connectivity index (χ4v) is 6.05. The Kier molecular flexibility index (Phi) is 10.9. The molecular weight excluding hydrogens is 554 g/mol. The van der Waals surface area contributed by atoms with E-state index in [0.29, 0.717) is 35.7 Å². The monoisotopic (exact) mass is 599 g/mol. The fraction of sp³-hybridized carbons (Fsp3) is 0.417. The minimum Gasteiger partial charge on any atom is -0.394 e. The molecule has 2 aromatic rings. The lowest BCUT2D eigenvalue weighted by atomic mass is 9.82. The molecule has 1 fully saturated rings. The number of carbonyl (C=O) groups is 3. The standard InChI is InChI=1S/C36H45N3O5/c1-26(2)11-8-12-27(3)20-22-38-33-19-18-30(39(25-41)29-14-6-5-7-15-29)23-32(33)36(44,35(38)43)28(4)13-9-17-34(42)37-21-10-16-31(37)24-40/h5-7,9,11,13-15,18-20,23,25,28,31,40,44H,8,10,12,16-17,21-22,24H2,1-4H3/b13-9+,27-20+/t28-,31+,36+/m1/s1. The molecular formula is C36H45N3O5. The molecule has 0 unspecified atom stereocenters. The molecule has 0 spiro atoms. The van der Waals surface area contributed by atoms with E-state index in [1.54, 1.807) is 47.1 Å². The van der Waals surface area contributed by atoms with Gasteiger partial charge in [-0.25, -0.2) is 0 Å². The van der Waals surface area contributed by atoms with Crippen molar-refractivity contribution >= 4 is 35.3 Å². The van der Waals surface area contributed by atoms with Crippen LogP contribution in [0.25, 0.3) is 0 Å². The van der Waals surface area contributed by atoms with Gasteiger partial charge in [-0.2, -0.15) is 0 Å². The molecule has 2 aliphatic rings. The van der Waals surface area contributed by atoms with Crippen LogP contribution in [0.3, 0.4) is 0 Å². The third kappa shape index (κ3) is 7.03. The lowest BCUT2D eigenvalue weighted by Gasteiger charge is -2.28. The van der Waals surface area contributed by atoms with Crippen LogP contribution < -0.4 is 9.80 Å². The summed E-state index contributed by atoms with van der Waals surface area (Å²) >= 11 is 0. The lowest BCUT2D eigenvalue weighted by Crippen LogP contribution is -2.44. The van der Waals surface area contributed by atoms with Crippen molar-refractivity contribution in [2.24, 2.45) is 5.92 Å². The number of hydrogen-bond donors (Lipinski definition) is 2. The minimum atomic E-state index is -1.90. The molecule has 8 heteroatoms. The van der Waals surface area contributed by atoms with E-state index in [1.165, 1.54) is 10.5 Å². The Morgan fingerprint density at radius 1 is 1.11 bits per heavy atom. The quantitative estimate of drug-likeness (QED) is 0.225. The lowest BCUT2D eigenvalue weighted by molar-refractivity contribution is -0.139. The number of allylic oxidation sites excluding steroid dienone is 3. The number of rotatable bonds is 13. The summed E-state index contributed by atoms with van der Waals surface area (Å²) in [7, 11) is 0. The maximum atomic E-state index is 14.1. The summed E-state index contributed by atoms with van der Waals surface area (Å²) in [5, 5.41) is 21.8. The zero-order chi connectivity index (χ0) is 31.9. The average molecular weight is 600 g/mol. The molecule has 0 bridgehead atoms. The van der Waals surface area contributed by atoms with Crippen molar-refractivity contribution < 1.29 is 24.6 Å². The zero-order valence-corrected chi connectivity index (χ0v) is 26.3. The predicted molar refractivity (Wildman–Crippen MR) is 175 cm³/mol. The summed E-state index contributed by atoms with van der Waals surface area (Å²) in [6, 6.07) is 14.3. The molecule has 3 atom stereocenters. The molecule has 0 aliphatic carbocycles. The molecule has 0 saturated carbocycles. The maximum absolute atomic E-state index is 14.1. The number of hydrogen-bond acceptors (Lipinski definition) is 5. The number of anilines is 3. The van der Waals surface area contributed by atoms with Crippen molar-refractivity contribution in [1.82, 2.24) is 4.90 Å². The number of likely N-dealkylation sites (tertiary alicyclic amines) is 1. The highest BCUT2D eigenvalue weighted by Crippen LogP contribution is 2.47. The molecule has 234 valence electrons. The van der Waals surface area contributed by atoms with Crippen LogP contribution in [0.15, 0.2) is 84.0 Å². The van der Waals surface area contributed by atoms with Crippen molar-refractivity contribution in [3.05, 3.63) is 89.5 Å². The van der Waals surface area contributed by atoms with E-state index in [2.05, 4.69) is 19.9 Å². The summed E-state index contributed by atoms with van der Waals surface area (Å²) < 4.78 is 0. The van der Waals surface area contributed by atoms with Gasteiger partial charge in [0.25, 0.3) is 5.91 Å². The van der Waals surface area contributed by atoms with Gasteiger partial charge in [0.1, 0.15) is 0 Å². The van der Waals surface area contributed by atoms with Crippen molar-refractivity contribution in [1.29, 1.82) is 0 Å². The van der Waals surface area contributed by atoms with E-state index < -0.39 is 17.4 Å². The van der Waals surface area contributed by atoms with Crippen LogP contribution in [0.5, 0.6) is 0 Å². The van der Waals surface area contributed by atoms with E-state index in [4.69, 9.17) is 0 Å². The molecule has 3 amide bonds. The number of nitrogens with zero attached hydrogens (tertiary/aromatic N) is 3. The summed E-state index contributed by atoms with van der Waals surface area (Å²) in [6.07, 6.45) is 11.9. The second kappa shape index (κ2) is 14.6. The largest absolute Gasteiger partial charge is 0.394 e. The van der Waals surface area contributed by atoms with E-state index in [1.807, 2.05) is 43.3 Å². The number of carbonyl (C=O) groups excluding carboxylic acids is 3. The summed E-state index contributed by atoms with van der Waals surface area (Å²) in [6.45, 7) is 8.82. The molecule has 2 aliphatic heterocycles. The second-order valence-corrected chi connectivity index (χ2v) is 12.1. The third-order valence-electron chi connectivity index (χ3n) is 8.67. The molecule has 2 heterocycles. The Morgan fingerprint density at radius 3 is 2.55 bits per heavy atom. The summed E-state index contributed by atoms with van der Waals surface area (Å²) in [4.78, 5) is 43.9. The Labute approximate surface area is 261 Å². The van der Waals surface area contributed by atoms with Crippen molar-refractivity contribution in [3.63, 3.8) is 0 Å². The van der Waals surface area contributed by atoms with Gasteiger partial charge < -0.3 is 20.0 Å². The Hall–Kier alpha value is -4.01. The van der Waals surface area contributed by atoms with Gasteiger partial charge in [0.2, 0.25) is 12.3 Å². The minimum absolute atomic E-state index is 0.0568. The molecule has 0 aromatic heterocycles. The van der Waals surface area contributed by atoms with Crippen molar-refractivity contribution in [3.8, 4) is 0 Å². The average Bonchev–Trinajstić information content (AvgIpc) is 3.58. The topological polar surface area (TPSA) is 101 Å². The van der Waals surface area contributed by atoms with E-state index in [0.717, 1.165) is 37.7 Å². The van der Waals surface area contributed by atoms with E-state index >= 15 is 0 Å². The third-order valence-corrected chi connectivity index (χ3v) is 8.67. The van der Waals surface area contributed by atoms with E-state index in [9.17, 15) is 24.6 Å². The van der Waals surface area contributed by atoms with Gasteiger partial charge in [-0.1, -0.05) is 60.6 Å². The highest BCUT2D eigenvalue weighted by atomic mass is 16.3. The van der Waals surface area contributed by atoms with Crippen molar-refractivity contribution in [2.75, 3.05) is 29.5 Å². The molecule has 44 heavy (non-hydrogen) atoms. The first kappa shape index (κ1) is 32.9. The summed E-state index contributed by atoms with van der Waals surface area (Å²) in [5.41, 5.74) is 2.71. The Balaban J connectivity index is 1.64. The number of fused-ring (bicyclic) bond motifs is 1. The molecule has 2 aromatic carbocycles. The molecule has 1 saturated heterocycles. The number of aliphatic hydroxyl groups is 2. The number of amides is 3. The number of para-hydroxylation sites is 1. The molecule has 4 rings (SSSR count). The van der Waals surface area contributed by atoms with Crippen LogP contribution in [-0.2, 0) is 20.0 Å². The molecule has 2 N–H and O–H groups in total. The second-order valence-electron chi connectivity index (χ2n) is 12.1. The summed E-state index contributed by atoms with van der Waals surface area (Å²) in [5.74, 6) is -1.20. The highest BCUT2D eigenvalue weighted by Gasteiger charge is 2.52. The SMILES string of the molecule is CC(C)=CCC/C(C)=C/CN1C(=O)[C@](O)([C@H](C)/C=C/CC(=O)N2CCC[C@H]2CO)c2cc(N(C=O)c3ccccc3)ccc21. The Bertz CT molecular complexity index is 1430. The van der Waals surface area contributed by atoms with Gasteiger partial charge >= 0.3 is 0 Å². The normalized spacial score (nSPS) is 20.6. The zero-order valence-electron chi connectivity index (χ0n) is 26.3. The first-order chi connectivity index (χ1) is 21.1.